The molecule has 0 unspecified atom stereocenters. The van der Waals surface area contributed by atoms with Crippen LogP contribution in [0, 0.1) is 28.9 Å². The normalized spacial score (nSPS) is 14.0. The third-order valence-electron chi connectivity index (χ3n) is 6.16. The standard InChI is InChI=1S/C26H22F2N6O2/c27-23-2-1-3-24(28)22(23)16-33-17-31-34(26(33)35)19-4-6-20(7-5-19)36-21-8-11-30-25(14-21)32-12-9-18(15-29)10-13-32/h1-8,11,14,17-18H,9-10,12-13,16H2. The Morgan fingerprint density at radius 3 is 2.44 bits per heavy atom. The molecule has 1 saturated heterocycles. The minimum atomic E-state index is -0.720. The van der Waals surface area contributed by atoms with Crippen LogP contribution in [0.1, 0.15) is 18.4 Å². The lowest BCUT2D eigenvalue weighted by Crippen LogP contribution is -2.33. The number of nitrogens with zero attached hydrogens (tertiary/aromatic N) is 6. The smallest absolute Gasteiger partial charge is 0.350 e. The molecule has 8 nitrogen and oxygen atoms in total. The van der Waals surface area contributed by atoms with E-state index in [1.54, 1.807) is 36.5 Å². The third-order valence-corrected chi connectivity index (χ3v) is 6.16. The zero-order chi connectivity index (χ0) is 25.1. The fourth-order valence-corrected chi connectivity index (χ4v) is 4.14. The summed E-state index contributed by atoms with van der Waals surface area (Å²) in [7, 11) is 0. The second kappa shape index (κ2) is 10.00. The van der Waals surface area contributed by atoms with Crippen LogP contribution in [-0.2, 0) is 6.54 Å². The molecule has 2 aromatic heterocycles. The van der Waals surface area contributed by atoms with E-state index >= 15 is 0 Å². The van der Waals surface area contributed by atoms with Crippen LogP contribution < -0.4 is 15.3 Å². The van der Waals surface area contributed by atoms with Gasteiger partial charge in [0.25, 0.3) is 0 Å². The Bertz CT molecular complexity index is 1450. The maximum Gasteiger partial charge on any atom is 0.350 e. The number of pyridine rings is 1. The number of halogens is 2. The van der Waals surface area contributed by atoms with Crippen molar-refractivity contribution in [2.75, 3.05) is 18.0 Å². The molecule has 1 aliphatic rings. The van der Waals surface area contributed by atoms with E-state index in [1.165, 1.54) is 12.4 Å². The van der Waals surface area contributed by atoms with Gasteiger partial charge in [0.1, 0.15) is 35.3 Å². The molecule has 1 aliphatic heterocycles. The summed E-state index contributed by atoms with van der Waals surface area (Å²) in [6.45, 7) is 1.28. The average molecular weight is 488 g/mol. The fraction of sp³-hybridized carbons (Fsp3) is 0.231. The minimum Gasteiger partial charge on any atom is -0.457 e. The van der Waals surface area contributed by atoms with E-state index in [4.69, 9.17) is 10.00 Å². The van der Waals surface area contributed by atoms with Crippen molar-refractivity contribution in [3.05, 3.63) is 94.8 Å². The molecule has 0 bridgehead atoms. The summed E-state index contributed by atoms with van der Waals surface area (Å²) in [4.78, 5) is 19.3. The molecule has 2 aromatic carbocycles. The van der Waals surface area contributed by atoms with Crippen molar-refractivity contribution >= 4 is 5.82 Å². The first-order valence-corrected chi connectivity index (χ1v) is 11.5. The molecule has 0 spiro atoms. The minimum absolute atomic E-state index is 0.0961. The summed E-state index contributed by atoms with van der Waals surface area (Å²) in [5.41, 5.74) is -0.241. The Hall–Kier alpha value is -4.52. The van der Waals surface area contributed by atoms with Gasteiger partial charge < -0.3 is 9.64 Å². The van der Waals surface area contributed by atoms with E-state index in [0.29, 0.717) is 17.2 Å². The number of ether oxygens (including phenoxy) is 1. The summed E-state index contributed by atoms with van der Waals surface area (Å²) in [6, 6.07) is 16.3. The van der Waals surface area contributed by atoms with Gasteiger partial charge in [-0.15, -0.1) is 0 Å². The maximum atomic E-state index is 14.0. The molecule has 4 aromatic rings. The molecule has 10 heteroatoms. The van der Waals surface area contributed by atoms with Crippen LogP contribution in [0.3, 0.4) is 0 Å². The molecular formula is C26H22F2N6O2. The average Bonchev–Trinajstić information content (AvgIpc) is 3.27. The van der Waals surface area contributed by atoms with Gasteiger partial charge in [0.15, 0.2) is 0 Å². The van der Waals surface area contributed by atoms with E-state index in [2.05, 4.69) is 21.1 Å². The molecule has 0 radical (unpaired) electrons. The number of rotatable bonds is 6. The van der Waals surface area contributed by atoms with Gasteiger partial charge in [-0.2, -0.15) is 15.0 Å². The lowest BCUT2D eigenvalue weighted by Gasteiger charge is -2.30. The van der Waals surface area contributed by atoms with Crippen LogP contribution >= 0.6 is 0 Å². The van der Waals surface area contributed by atoms with Gasteiger partial charge >= 0.3 is 5.69 Å². The molecule has 0 N–H and O–H groups in total. The van der Waals surface area contributed by atoms with Gasteiger partial charge in [-0.25, -0.2) is 18.6 Å². The summed E-state index contributed by atoms with van der Waals surface area (Å²) >= 11 is 0. The molecule has 0 atom stereocenters. The Morgan fingerprint density at radius 2 is 1.75 bits per heavy atom. The van der Waals surface area contributed by atoms with E-state index in [-0.39, 0.29) is 18.0 Å². The maximum absolute atomic E-state index is 14.0. The predicted octanol–water partition coefficient (Wildman–Crippen LogP) is 4.29. The summed E-state index contributed by atoms with van der Waals surface area (Å²) in [5, 5.41) is 13.2. The summed E-state index contributed by atoms with van der Waals surface area (Å²) < 4.78 is 36.2. The van der Waals surface area contributed by atoms with Gasteiger partial charge in [0.2, 0.25) is 0 Å². The van der Waals surface area contributed by atoms with Crippen molar-refractivity contribution in [3.8, 4) is 23.3 Å². The Labute approximate surface area is 205 Å². The molecule has 1 fully saturated rings. The number of anilines is 1. The van der Waals surface area contributed by atoms with Gasteiger partial charge in [-0.05, 0) is 55.3 Å². The fourth-order valence-electron chi connectivity index (χ4n) is 4.14. The van der Waals surface area contributed by atoms with Gasteiger partial charge in [0.05, 0.1) is 18.3 Å². The molecule has 182 valence electrons. The van der Waals surface area contributed by atoms with E-state index in [9.17, 15) is 13.6 Å². The van der Waals surface area contributed by atoms with Gasteiger partial charge in [0, 0.05) is 36.8 Å². The number of benzene rings is 2. The van der Waals surface area contributed by atoms with Crippen LogP contribution in [-0.4, -0.2) is 32.4 Å². The molecule has 3 heterocycles. The monoisotopic (exact) mass is 488 g/mol. The van der Waals surface area contributed by atoms with Crippen molar-refractivity contribution in [2.45, 2.75) is 19.4 Å². The molecule has 36 heavy (non-hydrogen) atoms. The first-order chi connectivity index (χ1) is 17.5. The highest BCUT2D eigenvalue weighted by Gasteiger charge is 2.20. The number of nitriles is 1. The van der Waals surface area contributed by atoms with E-state index in [0.717, 1.165) is 53.1 Å². The lowest BCUT2D eigenvalue weighted by atomic mass is 9.99. The highest BCUT2D eigenvalue weighted by atomic mass is 19.1. The first-order valence-electron chi connectivity index (χ1n) is 11.5. The van der Waals surface area contributed by atoms with Crippen molar-refractivity contribution in [3.63, 3.8) is 0 Å². The van der Waals surface area contributed by atoms with Crippen molar-refractivity contribution in [1.82, 2.24) is 19.3 Å². The lowest BCUT2D eigenvalue weighted by molar-refractivity contribution is 0.474. The number of hydrogen-bond acceptors (Lipinski definition) is 6. The second-order valence-corrected chi connectivity index (χ2v) is 8.49. The highest BCUT2D eigenvalue weighted by molar-refractivity contribution is 5.46. The topological polar surface area (TPSA) is 89.0 Å². The number of aromatic nitrogens is 4. The van der Waals surface area contributed by atoms with Crippen molar-refractivity contribution in [2.24, 2.45) is 5.92 Å². The van der Waals surface area contributed by atoms with Gasteiger partial charge in [-0.3, -0.25) is 4.57 Å². The largest absolute Gasteiger partial charge is 0.457 e. The van der Waals surface area contributed by atoms with Crippen molar-refractivity contribution in [1.29, 1.82) is 5.26 Å². The highest BCUT2D eigenvalue weighted by Crippen LogP contribution is 2.27. The molecule has 0 aliphatic carbocycles. The van der Waals surface area contributed by atoms with Gasteiger partial charge in [-0.1, -0.05) is 6.07 Å². The predicted molar refractivity (Wildman–Crippen MR) is 128 cm³/mol. The zero-order valence-electron chi connectivity index (χ0n) is 19.2. The quantitative estimate of drug-likeness (QED) is 0.402. The molecular weight excluding hydrogens is 466 g/mol. The molecule has 0 saturated carbocycles. The van der Waals surface area contributed by atoms with Crippen LogP contribution in [0.5, 0.6) is 11.5 Å². The third kappa shape index (κ3) is 4.81. The summed E-state index contributed by atoms with van der Waals surface area (Å²) in [6.07, 6.45) is 4.56. The SMILES string of the molecule is N#CC1CCN(c2cc(Oc3ccc(-n4ncn(Cc5c(F)cccc5F)c4=O)cc3)ccn2)CC1. The number of hydrogen-bond donors (Lipinski definition) is 0. The molecule has 5 rings (SSSR count). The Morgan fingerprint density at radius 1 is 1.03 bits per heavy atom. The Balaban J connectivity index is 1.28. The number of piperidine rings is 1. The Kier molecular flexibility index (Phi) is 6.45. The van der Waals surface area contributed by atoms with Crippen molar-refractivity contribution < 1.29 is 13.5 Å². The van der Waals surface area contributed by atoms with Crippen LogP contribution in [0.15, 0.2) is 71.9 Å². The molecule has 0 amide bonds. The summed E-state index contributed by atoms with van der Waals surface area (Å²) in [5.74, 6) is 0.621. The second-order valence-electron chi connectivity index (χ2n) is 8.49. The van der Waals surface area contributed by atoms with E-state index < -0.39 is 17.3 Å². The zero-order valence-corrected chi connectivity index (χ0v) is 19.2. The first kappa shape index (κ1) is 23.2. The van der Waals surface area contributed by atoms with E-state index in [1.807, 2.05) is 6.07 Å². The van der Waals surface area contributed by atoms with Crippen LogP contribution in [0.2, 0.25) is 0 Å². The van der Waals surface area contributed by atoms with Crippen LogP contribution in [0.4, 0.5) is 14.6 Å². The van der Waals surface area contributed by atoms with Crippen LogP contribution in [0.25, 0.3) is 5.69 Å².